The maximum atomic E-state index is 13.1. The van der Waals surface area contributed by atoms with Gasteiger partial charge in [0.05, 0.1) is 25.4 Å². The van der Waals surface area contributed by atoms with Gasteiger partial charge in [0.25, 0.3) is 0 Å². The van der Waals surface area contributed by atoms with E-state index >= 15 is 0 Å². The van der Waals surface area contributed by atoms with E-state index in [2.05, 4.69) is 19.2 Å². The maximum absolute atomic E-state index is 13.1. The van der Waals surface area contributed by atoms with Crippen molar-refractivity contribution in [1.82, 2.24) is 5.32 Å². The lowest BCUT2D eigenvalue weighted by atomic mass is 9.98. The van der Waals surface area contributed by atoms with E-state index in [0.29, 0.717) is 6.42 Å². The molecule has 0 bridgehead atoms. The predicted molar refractivity (Wildman–Crippen MR) is 264 cm³/mol. The molecule has 1 aliphatic rings. The number of ether oxygens (including phenoxy) is 2. The molecule has 0 aromatic rings. The lowest BCUT2D eigenvalue weighted by Gasteiger charge is -2.40. The Hall–Kier alpha value is -0.850. The van der Waals surface area contributed by atoms with Gasteiger partial charge in [-0.25, -0.2) is 0 Å². The summed E-state index contributed by atoms with van der Waals surface area (Å²) in [4.78, 5) is 13.1. The Morgan fingerprint density at radius 2 is 0.812 bits per heavy atom. The van der Waals surface area contributed by atoms with Crippen LogP contribution in [0.25, 0.3) is 0 Å². The number of aliphatic hydroxyl groups is 6. The molecule has 8 atom stereocenters. The smallest absolute Gasteiger partial charge is 0.220 e. The first-order valence-electron chi connectivity index (χ1n) is 27.8. The second kappa shape index (κ2) is 44.6. The summed E-state index contributed by atoms with van der Waals surface area (Å²) in [6.45, 7) is 3.64. The predicted octanol–water partition coefficient (Wildman–Crippen LogP) is 12.0. The summed E-state index contributed by atoms with van der Waals surface area (Å²) < 4.78 is 11.2. The monoisotopic (exact) mass is 914 g/mol. The van der Waals surface area contributed by atoms with E-state index in [0.717, 1.165) is 38.5 Å². The highest BCUT2D eigenvalue weighted by molar-refractivity contribution is 5.76. The molecule has 7 N–H and O–H groups in total. The van der Waals surface area contributed by atoms with Gasteiger partial charge < -0.3 is 45.4 Å². The molecule has 1 saturated heterocycles. The Kier molecular flexibility index (Phi) is 42.7. The molecule has 1 amide bonds. The molecule has 2 unspecified atom stereocenters. The number of carbonyl (C=O) groups excluding carboxylic acids is 1. The number of rotatable bonds is 48. The zero-order valence-corrected chi connectivity index (χ0v) is 41.9. The van der Waals surface area contributed by atoms with Crippen LogP contribution in [0.5, 0.6) is 0 Å². The normalized spacial score (nSPS) is 20.4. The largest absolute Gasteiger partial charge is 0.394 e. The average Bonchev–Trinajstić information content (AvgIpc) is 3.29. The van der Waals surface area contributed by atoms with Gasteiger partial charge >= 0.3 is 0 Å². The summed E-state index contributed by atoms with van der Waals surface area (Å²) in [5.41, 5.74) is 0. The molecule has 0 spiro atoms. The number of unbranched alkanes of at least 4 members (excludes halogenated alkanes) is 37. The zero-order chi connectivity index (χ0) is 46.7. The first-order chi connectivity index (χ1) is 31.3. The molecule has 1 rings (SSSR count). The quantitative estimate of drug-likeness (QED) is 0.0294. The van der Waals surface area contributed by atoms with Crippen molar-refractivity contribution in [3.63, 3.8) is 0 Å². The molecule has 0 radical (unpaired) electrons. The van der Waals surface area contributed by atoms with Gasteiger partial charge in [0.15, 0.2) is 6.29 Å². The summed E-state index contributed by atoms with van der Waals surface area (Å²) in [6, 6.07) is -0.985. The van der Waals surface area contributed by atoms with Gasteiger partial charge in [-0.2, -0.15) is 0 Å². The second-order valence-electron chi connectivity index (χ2n) is 19.9. The number of aliphatic hydroxyl groups excluding tert-OH is 6. The van der Waals surface area contributed by atoms with Crippen LogP contribution in [0.4, 0.5) is 0 Å². The van der Waals surface area contributed by atoms with Crippen molar-refractivity contribution < 1.29 is 44.9 Å². The molecule has 10 heteroatoms. The van der Waals surface area contributed by atoms with Gasteiger partial charge in [0.1, 0.15) is 30.5 Å². The number of nitrogens with one attached hydrogen (secondary N) is 1. The molecular weight excluding hydrogens is 807 g/mol. The van der Waals surface area contributed by atoms with Crippen LogP contribution < -0.4 is 5.32 Å². The van der Waals surface area contributed by atoms with Crippen LogP contribution in [0.15, 0.2) is 0 Å². The SMILES string of the molecule is CCCCCCCCCCCCCCCCCCCCCCCCCCCCC(=O)N[C@@H](CO[C@@H]1O[C@H](CO)[C@H](O)C(O)C1O)[C@H](O)[C@H](O)CCCCCCCCCCCCCCC. The molecule has 0 aliphatic carbocycles. The van der Waals surface area contributed by atoms with Gasteiger partial charge in [-0.3, -0.25) is 4.79 Å². The fourth-order valence-corrected chi connectivity index (χ4v) is 9.32. The van der Waals surface area contributed by atoms with E-state index in [-0.39, 0.29) is 18.9 Å². The minimum Gasteiger partial charge on any atom is -0.394 e. The summed E-state index contributed by atoms with van der Waals surface area (Å²) in [7, 11) is 0. The molecule has 1 fully saturated rings. The Morgan fingerprint density at radius 1 is 0.484 bits per heavy atom. The third kappa shape index (κ3) is 33.6. The lowest BCUT2D eigenvalue weighted by Crippen LogP contribution is -2.60. The standard InChI is InChI=1S/C54H107NO9/c1-3-5-7-9-11-13-15-17-18-19-20-21-22-23-24-25-26-27-28-29-31-33-35-37-39-41-43-49(58)55-46(45-63-54-53(62)52(61)51(60)48(44-56)64-54)50(59)47(57)42-40-38-36-34-32-30-16-14-12-10-8-6-4-2/h46-48,50-54,56-57,59-62H,3-45H2,1-2H3,(H,55,58)/t46-,47+,48+,50-,51-,52?,53?,54+/m0/s1. The van der Waals surface area contributed by atoms with E-state index in [1.807, 2.05) is 0 Å². The van der Waals surface area contributed by atoms with Crippen LogP contribution in [0.2, 0.25) is 0 Å². The highest BCUT2D eigenvalue weighted by atomic mass is 16.7. The number of hydrogen-bond acceptors (Lipinski definition) is 9. The van der Waals surface area contributed by atoms with Gasteiger partial charge in [-0.15, -0.1) is 0 Å². The molecule has 382 valence electrons. The summed E-state index contributed by atoms with van der Waals surface area (Å²) in [6.07, 6.45) is 41.3. The van der Waals surface area contributed by atoms with E-state index < -0.39 is 55.6 Å². The number of hydrogen-bond donors (Lipinski definition) is 7. The summed E-state index contributed by atoms with van der Waals surface area (Å²) in [5.74, 6) is -0.251. The highest BCUT2D eigenvalue weighted by Gasteiger charge is 2.44. The van der Waals surface area contributed by atoms with Crippen LogP contribution in [-0.4, -0.2) is 98.7 Å². The molecular formula is C54H107NO9. The van der Waals surface area contributed by atoms with Crippen molar-refractivity contribution in [1.29, 1.82) is 0 Å². The van der Waals surface area contributed by atoms with Gasteiger partial charge in [0, 0.05) is 6.42 Å². The molecule has 0 aromatic heterocycles. The van der Waals surface area contributed by atoms with Crippen LogP contribution in [0, 0.1) is 0 Å². The zero-order valence-electron chi connectivity index (χ0n) is 41.9. The van der Waals surface area contributed by atoms with Crippen molar-refractivity contribution in [2.24, 2.45) is 0 Å². The molecule has 1 heterocycles. The second-order valence-corrected chi connectivity index (χ2v) is 19.9. The summed E-state index contributed by atoms with van der Waals surface area (Å²) in [5, 5.41) is 65.4. The van der Waals surface area contributed by atoms with Gasteiger partial charge in [0.2, 0.25) is 5.91 Å². The molecule has 0 saturated carbocycles. The first kappa shape index (κ1) is 61.2. The average molecular weight is 914 g/mol. The molecule has 1 aliphatic heterocycles. The summed E-state index contributed by atoms with van der Waals surface area (Å²) >= 11 is 0. The van der Waals surface area contributed by atoms with Crippen molar-refractivity contribution in [2.75, 3.05) is 13.2 Å². The third-order valence-corrected chi connectivity index (χ3v) is 13.8. The maximum Gasteiger partial charge on any atom is 0.220 e. The van der Waals surface area contributed by atoms with E-state index in [4.69, 9.17) is 9.47 Å². The van der Waals surface area contributed by atoms with Gasteiger partial charge in [-0.05, 0) is 12.8 Å². The minimum absolute atomic E-state index is 0.251. The molecule has 10 nitrogen and oxygen atoms in total. The Labute approximate surface area is 394 Å². The topological polar surface area (TPSA) is 169 Å². The van der Waals surface area contributed by atoms with Crippen molar-refractivity contribution in [3.05, 3.63) is 0 Å². The highest BCUT2D eigenvalue weighted by Crippen LogP contribution is 2.23. The Morgan fingerprint density at radius 3 is 1.16 bits per heavy atom. The Balaban J connectivity index is 2.21. The van der Waals surface area contributed by atoms with Crippen LogP contribution >= 0.6 is 0 Å². The van der Waals surface area contributed by atoms with E-state index in [9.17, 15) is 35.4 Å². The Bertz CT molecular complexity index is 988. The van der Waals surface area contributed by atoms with E-state index in [1.165, 1.54) is 212 Å². The molecule has 0 aromatic carbocycles. The number of carbonyl (C=O) groups is 1. The fourth-order valence-electron chi connectivity index (χ4n) is 9.32. The first-order valence-corrected chi connectivity index (χ1v) is 27.8. The van der Waals surface area contributed by atoms with Crippen LogP contribution in [0.1, 0.15) is 277 Å². The van der Waals surface area contributed by atoms with Crippen molar-refractivity contribution >= 4 is 5.91 Å². The number of amides is 1. The van der Waals surface area contributed by atoms with Crippen LogP contribution in [0.3, 0.4) is 0 Å². The fraction of sp³-hybridized carbons (Fsp3) is 0.981. The van der Waals surface area contributed by atoms with Crippen molar-refractivity contribution in [3.8, 4) is 0 Å². The lowest BCUT2D eigenvalue weighted by molar-refractivity contribution is -0.303. The van der Waals surface area contributed by atoms with Crippen LogP contribution in [-0.2, 0) is 14.3 Å². The minimum atomic E-state index is -1.60. The van der Waals surface area contributed by atoms with E-state index in [1.54, 1.807) is 0 Å². The molecule has 64 heavy (non-hydrogen) atoms. The van der Waals surface area contributed by atoms with Gasteiger partial charge in [-0.1, -0.05) is 258 Å². The van der Waals surface area contributed by atoms with Crippen molar-refractivity contribution in [2.45, 2.75) is 326 Å². The third-order valence-electron chi connectivity index (χ3n) is 13.8.